The van der Waals surface area contributed by atoms with E-state index in [9.17, 15) is 4.79 Å². The van der Waals surface area contributed by atoms with Crippen molar-refractivity contribution in [2.75, 3.05) is 11.9 Å². The molecule has 0 spiro atoms. The molecule has 0 aromatic heterocycles. The van der Waals surface area contributed by atoms with E-state index in [1.807, 2.05) is 12.1 Å². The summed E-state index contributed by atoms with van der Waals surface area (Å²) >= 11 is 3.18. The number of ketones is 1. The third kappa shape index (κ3) is 6.88. The van der Waals surface area contributed by atoms with Crippen LogP contribution in [0.4, 0.5) is 0 Å². The quantitative estimate of drug-likeness (QED) is 0.398. The molecule has 0 heterocycles. The van der Waals surface area contributed by atoms with E-state index in [1.165, 1.54) is 31.2 Å². The Morgan fingerprint density at radius 3 is 2.11 bits per heavy atom. The summed E-state index contributed by atoms with van der Waals surface area (Å²) in [4.78, 5) is 11.4. The second-order valence-corrected chi connectivity index (χ2v) is 5.41. The van der Waals surface area contributed by atoms with E-state index in [0.717, 1.165) is 24.8 Å². The normalized spacial score (nSPS) is 10.6. The minimum Gasteiger partial charge on any atom is -0.396 e. The lowest BCUT2D eigenvalue weighted by Gasteiger charge is -2.03. The molecule has 2 nitrogen and oxygen atoms in total. The van der Waals surface area contributed by atoms with Gasteiger partial charge in [0.2, 0.25) is 0 Å². The van der Waals surface area contributed by atoms with Crippen LogP contribution in [0, 0.1) is 0 Å². The maximum absolute atomic E-state index is 11.4. The van der Waals surface area contributed by atoms with Gasteiger partial charge in [-0.1, -0.05) is 65.9 Å². The van der Waals surface area contributed by atoms with Crippen LogP contribution in [0.5, 0.6) is 0 Å². The van der Waals surface area contributed by atoms with Gasteiger partial charge in [-0.15, -0.1) is 0 Å². The maximum atomic E-state index is 11.4. The first-order chi connectivity index (χ1) is 9.27. The van der Waals surface area contributed by atoms with Gasteiger partial charge in [-0.2, -0.15) is 0 Å². The average molecular weight is 327 g/mol. The number of rotatable bonds is 10. The molecule has 0 atom stereocenters. The number of benzene rings is 1. The summed E-state index contributed by atoms with van der Waals surface area (Å²) in [6.07, 6.45) is 8.07. The van der Waals surface area contributed by atoms with E-state index in [4.69, 9.17) is 5.11 Å². The van der Waals surface area contributed by atoms with Gasteiger partial charge in [0.05, 0.1) is 5.33 Å². The number of aryl methyl sites for hydroxylation is 1. The number of aliphatic hydroxyl groups excluding tert-OH is 1. The number of hydrogen-bond donors (Lipinski definition) is 1. The van der Waals surface area contributed by atoms with E-state index in [0.29, 0.717) is 11.9 Å². The molecule has 19 heavy (non-hydrogen) atoms. The van der Waals surface area contributed by atoms with Crippen molar-refractivity contribution < 1.29 is 9.90 Å². The Morgan fingerprint density at radius 1 is 0.947 bits per heavy atom. The van der Waals surface area contributed by atoms with Crippen LogP contribution in [0.1, 0.15) is 54.4 Å². The molecule has 0 aliphatic rings. The molecule has 1 aromatic carbocycles. The van der Waals surface area contributed by atoms with Crippen molar-refractivity contribution >= 4 is 21.7 Å². The first-order valence-corrected chi connectivity index (χ1v) is 8.19. The van der Waals surface area contributed by atoms with Crippen LogP contribution in [0.3, 0.4) is 0 Å². The van der Waals surface area contributed by atoms with Gasteiger partial charge in [0.1, 0.15) is 0 Å². The summed E-state index contributed by atoms with van der Waals surface area (Å²) < 4.78 is 0. The molecule has 0 amide bonds. The van der Waals surface area contributed by atoms with Crippen LogP contribution in [0.2, 0.25) is 0 Å². The number of hydrogen-bond acceptors (Lipinski definition) is 2. The highest BCUT2D eigenvalue weighted by Gasteiger charge is 2.02. The predicted octanol–water partition coefficient (Wildman–Crippen LogP) is 4.14. The highest BCUT2D eigenvalue weighted by Crippen LogP contribution is 2.12. The number of halogens is 1. The third-order valence-electron chi connectivity index (χ3n) is 3.27. The minimum absolute atomic E-state index is 0.135. The predicted molar refractivity (Wildman–Crippen MR) is 83.1 cm³/mol. The summed E-state index contributed by atoms with van der Waals surface area (Å²) in [7, 11) is 0. The van der Waals surface area contributed by atoms with Gasteiger partial charge in [0, 0.05) is 12.2 Å². The van der Waals surface area contributed by atoms with Crippen LogP contribution in [0.15, 0.2) is 24.3 Å². The summed E-state index contributed by atoms with van der Waals surface area (Å²) in [5.41, 5.74) is 2.09. The van der Waals surface area contributed by atoms with E-state index >= 15 is 0 Å². The van der Waals surface area contributed by atoms with E-state index in [-0.39, 0.29) is 5.78 Å². The molecule has 0 bridgehead atoms. The van der Waals surface area contributed by atoms with Crippen LogP contribution < -0.4 is 0 Å². The summed E-state index contributed by atoms with van der Waals surface area (Å²) in [5, 5.41) is 9.06. The first kappa shape index (κ1) is 16.4. The van der Waals surface area contributed by atoms with Crippen LogP contribution in [-0.2, 0) is 6.42 Å². The van der Waals surface area contributed by atoms with Crippen molar-refractivity contribution in [2.45, 2.75) is 44.9 Å². The molecular formula is C16H23BrO2. The Morgan fingerprint density at radius 2 is 1.53 bits per heavy atom. The van der Waals surface area contributed by atoms with Gasteiger partial charge in [-0.3, -0.25) is 4.79 Å². The zero-order valence-corrected chi connectivity index (χ0v) is 13.0. The largest absolute Gasteiger partial charge is 0.396 e. The lowest BCUT2D eigenvalue weighted by Crippen LogP contribution is -1.99. The lowest BCUT2D eigenvalue weighted by molar-refractivity contribution is 0.102. The first-order valence-electron chi connectivity index (χ1n) is 7.07. The molecule has 0 saturated heterocycles. The standard InChI is InChI=1S/C16H23BrO2/c17-13-16(19)15-10-8-14(9-11-15)7-5-3-1-2-4-6-12-18/h8-11,18H,1-7,12-13H2. The fraction of sp³-hybridized carbons (Fsp3) is 0.562. The molecule has 3 heteroatoms. The van der Waals surface area contributed by atoms with Gasteiger partial charge in [0.15, 0.2) is 5.78 Å². The Kier molecular flexibility index (Phi) is 8.76. The van der Waals surface area contributed by atoms with E-state index < -0.39 is 0 Å². The Labute approximate surface area is 124 Å². The molecule has 0 unspecified atom stereocenters. The smallest absolute Gasteiger partial charge is 0.173 e. The van der Waals surface area contributed by atoms with Crippen molar-refractivity contribution in [3.8, 4) is 0 Å². The van der Waals surface area contributed by atoms with Gasteiger partial charge in [-0.25, -0.2) is 0 Å². The number of carbonyl (C=O) groups excluding carboxylic acids is 1. The second kappa shape index (κ2) is 10.2. The highest BCUT2D eigenvalue weighted by atomic mass is 79.9. The third-order valence-corrected chi connectivity index (χ3v) is 3.78. The molecule has 0 aliphatic carbocycles. The molecule has 0 aliphatic heterocycles. The topological polar surface area (TPSA) is 37.3 Å². The Balaban J connectivity index is 2.18. The number of Topliss-reactive ketones (excluding diaryl/α,β-unsaturated/α-hetero) is 1. The van der Waals surface area contributed by atoms with Crippen molar-refractivity contribution in [1.29, 1.82) is 0 Å². The second-order valence-electron chi connectivity index (χ2n) is 4.85. The number of carbonyl (C=O) groups is 1. The molecule has 0 saturated carbocycles. The number of alkyl halides is 1. The Hall–Kier alpha value is -0.670. The van der Waals surface area contributed by atoms with E-state index in [1.54, 1.807) is 0 Å². The Bertz CT molecular complexity index is 360. The summed E-state index contributed by atoms with van der Waals surface area (Å²) in [6.45, 7) is 0.319. The average Bonchev–Trinajstić information content (AvgIpc) is 2.46. The summed E-state index contributed by atoms with van der Waals surface area (Å²) in [5.74, 6) is 0.135. The molecule has 0 radical (unpaired) electrons. The van der Waals surface area contributed by atoms with Gasteiger partial charge in [-0.05, 0) is 24.8 Å². The molecule has 106 valence electrons. The van der Waals surface area contributed by atoms with Crippen molar-refractivity contribution in [1.82, 2.24) is 0 Å². The number of aliphatic hydroxyl groups is 1. The fourth-order valence-electron chi connectivity index (χ4n) is 2.08. The highest BCUT2D eigenvalue weighted by molar-refractivity contribution is 9.09. The molecule has 0 fully saturated rings. The van der Waals surface area contributed by atoms with Crippen molar-refractivity contribution in [3.05, 3.63) is 35.4 Å². The SMILES string of the molecule is O=C(CBr)c1ccc(CCCCCCCCO)cc1. The zero-order valence-electron chi connectivity index (χ0n) is 11.4. The van der Waals surface area contributed by atoms with Crippen LogP contribution in [-0.4, -0.2) is 22.8 Å². The number of unbranched alkanes of at least 4 members (excludes halogenated alkanes) is 5. The van der Waals surface area contributed by atoms with Crippen molar-refractivity contribution in [2.24, 2.45) is 0 Å². The molecular weight excluding hydrogens is 304 g/mol. The molecule has 1 aromatic rings. The van der Waals surface area contributed by atoms with Gasteiger partial charge in [0.25, 0.3) is 0 Å². The van der Waals surface area contributed by atoms with E-state index in [2.05, 4.69) is 28.1 Å². The zero-order chi connectivity index (χ0) is 13.9. The van der Waals surface area contributed by atoms with Crippen LogP contribution >= 0.6 is 15.9 Å². The van der Waals surface area contributed by atoms with Gasteiger partial charge >= 0.3 is 0 Å². The molecule has 1 N–H and O–H groups in total. The molecule has 1 rings (SSSR count). The minimum atomic E-state index is 0.135. The van der Waals surface area contributed by atoms with Crippen molar-refractivity contribution in [3.63, 3.8) is 0 Å². The fourth-order valence-corrected chi connectivity index (χ4v) is 2.41. The van der Waals surface area contributed by atoms with Crippen LogP contribution in [0.25, 0.3) is 0 Å². The maximum Gasteiger partial charge on any atom is 0.173 e. The summed E-state index contributed by atoms with van der Waals surface area (Å²) in [6, 6.07) is 7.95. The lowest BCUT2D eigenvalue weighted by atomic mass is 10.0. The van der Waals surface area contributed by atoms with Gasteiger partial charge < -0.3 is 5.11 Å². The monoisotopic (exact) mass is 326 g/mol.